The molecule has 0 amide bonds. The lowest BCUT2D eigenvalue weighted by Gasteiger charge is -1.95. The molecule has 0 aliphatic rings. The minimum absolute atomic E-state index is 0.0309. The Kier molecular flexibility index (Phi) is 3.98. The first-order valence-electron chi connectivity index (χ1n) is 3.78. The second-order valence-corrected chi connectivity index (χ2v) is 3.44. The molecule has 1 aromatic heterocycles. The number of hydrogen-bond acceptors (Lipinski definition) is 5. The van der Waals surface area contributed by atoms with Gasteiger partial charge in [-0.3, -0.25) is 4.79 Å². The summed E-state index contributed by atoms with van der Waals surface area (Å²) in [6.45, 7) is 1.98. The van der Waals surface area contributed by atoms with E-state index in [1.54, 1.807) is 6.26 Å². The highest BCUT2D eigenvalue weighted by Gasteiger charge is 2.05. The van der Waals surface area contributed by atoms with Gasteiger partial charge < -0.3 is 9.15 Å². The normalized spacial score (nSPS) is 10.3. The summed E-state index contributed by atoms with van der Waals surface area (Å²) in [7, 11) is 1.50. The van der Waals surface area contributed by atoms with Crippen LogP contribution in [-0.4, -0.2) is 30.2 Å². The Morgan fingerprint density at radius 2 is 2.54 bits per heavy atom. The fraction of sp³-hybridized carbons (Fsp3) is 0.500. The van der Waals surface area contributed by atoms with E-state index in [1.807, 2.05) is 6.92 Å². The lowest BCUT2D eigenvalue weighted by atomic mass is 10.5. The zero-order valence-corrected chi connectivity index (χ0v) is 8.39. The van der Waals surface area contributed by atoms with Crippen LogP contribution >= 0.6 is 11.8 Å². The van der Waals surface area contributed by atoms with Gasteiger partial charge in [-0.05, 0) is 6.92 Å². The third-order valence-corrected chi connectivity index (χ3v) is 2.16. The number of thioether (sulfide) groups is 1. The van der Waals surface area contributed by atoms with Crippen molar-refractivity contribution < 1.29 is 13.9 Å². The first-order chi connectivity index (χ1) is 6.22. The summed E-state index contributed by atoms with van der Waals surface area (Å²) in [6, 6.07) is 0. The second kappa shape index (κ2) is 5.04. The molecule has 0 spiro atoms. The molecule has 0 saturated heterocycles. The number of hydrogen-bond donors (Lipinski definition) is 0. The van der Waals surface area contributed by atoms with Crippen molar-refractivity contribution in [1.82, 2.24) is 4.98 Å². The molecule has 1 rings (SSSR count). The third kappa shape index (κ3) is 3.61. The molecule has 5 heteroatoms. The van der Waals surface area contributed by atoms with Crippen LogP contribution in [0.1, 0.15) is 5.69 Å². The number of aromatic nitrogens is 1. The Bertz CT molecular complexity index is 285. The minimum Gasteiger partial charge on any atom is -0.440 e. The van der Waals surface area contributed by atoms with E-state index in [9.17, 15) is 4.79 Å². The molecule has 0 aliphatic heterocycles. The highest BCUT2D eigenvalue weighted by molar-refractivity contribution is 7.99. The maximum Gasteiger partial charge on any atom is 0.256 e. The smallest absolute Gasteiger partial charge is 0.256 e. The standard InChI is InChI=1S/C8H11NO3S/c1-6-3-12-8(9-6)13-5-7(10)4-11-2/h3H,4-5H2,1-2H3. The van der Waals surface area contributed by atoms with E-state index in [4.69, 9.17) is 4.42 Å². The molecule has 0 saturated carbocycles. The Balaban J connectivity index is 2.30. The minimum atomic E-state index is 0.0309. The molecule has 4 nitrogen and oxygen atoms in total. The first-order valence-corrected chi connectivity index (χ1v) is 4.76. The summed E-state index contributed by atoms with van der Waals surface area (Å²) < 4.78 is 9.73. The van der Waals surface area contributed by atoms with Crippen molar-refractivity contribution in [3.8, 4) is 0 Å². The molecule has 0 unspecified atom stereocenters. The lowest BCUT2D eigenvalue weighted by molar-refractivity contribution is -0.120. The average Bonchev–Trinajstić information content (AvgIpc) is 2.49. The number of Topliss-reactive ketones (excluding diaryl/α,β-unsaturated/α-hetero) is 1. The van der Waals surface area contributed by atoms with Crippen LogP contribution in [-0.2, 0) is 9.53 Å². The van der Waals surface area contributed by atoms with Crippen molar-refractivity contribution in [3.05, 3.63) is 12.0 Å². The zero-order valence-electron chi connectivity index (χ0n) is 7.57. The molecule has 0 bridgehead atoms. The molecule has 13 heavy (non-hydrogen) atoms. The van der Waals surface area contributed by atoms with Gasteiger partial charge in [0.1, 0.15) is 12.9 Å². The van der Waals surface area contributed by atoms with Crippen molar-refractivity contribution in [2.45, 2.75) is 12.1 Å². The fourth-order valence-corrected chi connectivity index (χ4v) is 1.44. The van der Waals surface area contributed by atoms with Crippen LogP contribution in [0.5, 0.6) is 0 Å². The second-order valence-electron chi connectivity index (χ2n) is 2.52. The van der Waals surface area contributed by atoms with Gasteiger partial charge in [-0.25, -0.2) is 4.98 Å². The molecule has 1 aromatic rings. The lowest BCUT2D eigenvalue weighted by Crippen LogP contribution is -2.08. The Morgan fingerprint density at radius 1 is 1.77 bits per heavy atom. The molecular weight excluding hydrogens is 190 g/mol. The number of ether oxygens (including phenoxy) is 1. The van der Waals surface area contributed by atoms with Gasteiger partial charge >= 0.3 is 0 Å². The van der Waals surface area contributed by atoms with Gasteiger partial charge in [-0.15, -0.1) is 0 Å². The molecule has 72 valence electrons. The van der Waals surface area contributed by atoms with Crippen LogP contribution in [0.3, 0.4) is 0 Å². The van der Waals surface area contributed by atoms with Crippen LogP contribution in [0.4, 0.5) is 0 Å². The van der Waals surface area contributed by atoms with Crippen molar-refractivity contribution >= 4 is 17.5 Å². The quantitative estimate of drug-likeness (QED) is 0.672. The van der Waals surface area contributed by atoms with E-state index < -0.39 is 0 Å². The van der Waals surface area contributed by atoms with Crippen LogP contribution in [0.25, 0.3) is 0 Å². The molecule has 0 fully saturated rings. The van der Waals surface area contributed by atoms with E-state index in [0.717, 1.165) is 5.69 Å². The van der Waals surface area contributed by atoms with Gasteiger partial charge in [0.2, 0.25) is 0 Å². The van der Waals surface area contributed by atoms with Crippen LogP contribution in [0, 0.1) is 6.92 Å². The van der Waals surface area contributed by atoms with E-state index in [-0.39, 0.29) is 12.4 Å². The summed E-state index contributed by atoms with van der Waals surface area (Å²) in [6.07, 6.45) is 1.56. The molecule has 1 heterocycles. The molecule has 0 radical (unpaired) electrons. The Labute approximate surface area is 80.7 Å². The summed E-state index contributed by atoms with van der Waals surface area (Å²) >= 11 is 1.28. The summed E-state index contributed by atoms with van der Waals surface area (Å²) in [4.78, 5) is 15.1. The van der Waals surface area contributed by atoms with Gasteiger partial charge in [0.15, 0.2) is 5.78 Å². The molecule has 0 N–H and O–H groups in total. The van der Waals surface area contributed by atoms with E-state index in [0.29, 0.717) is 11.0 Å². The summed E-state index contributed by atoms with van der Waals surface area (Å²) in [5, 5.41) is 0.530. The van der Waals surface area contributed by atoms with E-state index in [2.05, 4.69) is 9.72 Å². The van der Waals surface area contributed by atoms with Crippen LogP contribution in [0.2, 0.25) is 0 Å². The topological polar surface area (TPSA) is 52.3 Å². The maximum absolute atomic E-state index is 11.0. The Morgan fingerprint density at radius 3 is 3.08 bits per heavy atom. The largest absolute Gasteiger partial charge is 0.440 e. The summed E-state index contributed by atoms with van der Waals surface area (Å²) in [5.41, 5.74) is 0.821. The number of nitrogens with zero attached hydrogens (tertiary/aromatic N) is 1. The van der Waals surface area contributed by atoms with Gasteiger partial charge in [0.05, 0.1) is 11.4 Å². The van der Waals surface area contributed by atoms with Gasteiger partial charge in [-0.2, -0.15) is 0 Å². The van der Waals surface area contributed by atoms with Gasteiger partial charge in [0, 0.05) is 7.11 Å². The van der Waals surface area contributed by atoms with Crippen LogP contribution < -0.4 is 0 Å². The first kappa shape index (κ1) is 10.3. The number of carbonyl (C=O) groups excluding carboxylic acids is 1. The van der Waals surface area contributed by atoms with Crippen molar-refractivity contribution in [2.24, 2.45) is 0 Å². The number of carbonyl (C=O) groups is 1. The van der Waals surface area contributed by atoms with Crippen LogP contribution in [0.15, 0.2) is 15.9 Å². The highest BCUT2D eigenvalue weighted by atomic mass is 32.2. The average molecular weight is 201 g/mol. The van der Waals surface area contributed by atoms with E-state index >= 15 is 0 Å². The fourth-order valence-electron chi connectivity index (χ4n) is 0.744. The van der Waals surface area contributed by atoms with Gasteiger partial charge in [-0.1, -0.05) is 11.8 Å². The molecule has 0 aromatic carbocycles. The van der Waals surface area contributed by atoms with Crippen molar-refractivity contribution in [1.29, 1.82) is 0 Å². The zero-order chi connectivity index (χ0) is 9.68. The number of methoxy groups -OCH3 is 1. The van der Waals surface area contributed by atoms with Crippen molar-refractivity contribution in [3.63, 3.8) is 0 Å². The van der Waals surface area contributed by atoms with Crippen molar-refractivity contribution in [2.75, 3.05) is 19.5 Å². The number of rotatable bonds is 5. The Hall–Kier alpha value is -0.810. The molecular formula is C8H11NO3S. The number of ketones is 1. The maximum atomic E-state index is 11.0. The predicted octanol–water partition coefficient (Wildman–Crippen LogP) is 1.29. The SMILES string of the molecule is COCC(=O)CSc1nc(C)co1. The third-order valence-electron chi connectivity index (χ3n) is 1.26. The summed E-state index contributed by atoms with van der Waals surface area (Å²) in [5.74, 6) is 0.372. The van der Waals surface area contributed by atoms with E-state index in [1.165, 1.54) is 18.9 Å². The molecule has 0 aliphatic carbocycles. The predicted molar refractivity (Wildman–Crippen MR) is 48.8 cm³/mol. The monoisotopic (exact) mass is 201 g/mol. The molecule has 0 atom stereocenters. The highest BCUT2D eigenvalue weighted by Crippen LogP contribution is 2.16. The number of oxazole rings is 1. The number of aryl methyl sites for hydroxylation is 1. The van der Waals surface area contributed by atoms with Gasteiger partial charge in [0.25, 0.3) is 5.22 Å².